The zero-order valence-electron chi connectivity index (χ0n) is 9.35. The van der Waals surface area contributed by atoms with Crippen LogP contribution in [0.4, 0.5) is 4.39 Å². The van der Waals surface area contributed by atoms with Crippen molar-refractivity contribution in [2.24, 2.45) is 0 Å². The monoisotopic (exact) mass is 254 g/mol. The van der Waals surface area contributed by atoms with Crippen LogP contribution in [0.15, 0.2) is 29.6 Å². The first-order valence-electron chi connectivity index (χ1n) is 4.95. The van der Waals surface area contributed by atoms with Gasteiger partial charge in [-0.2, -0.15) is 0 Å². The number of carboxylic acids is 1. The van der Waals surface area contributed by atoms with Crippen LogP contribution in [0.1, 0.15) is 13.8 Å². The second-order valence-corrected chi connectivity index (χ2v) is 5.76. The predicted octanol–water partition coefficient (Wildman–Crippen LogP) is 2.43. The van der Waals surface area contributed by atoms with Crippen LogP contribution in [0, 0.1) is 5.82 Å². The van der Waals surface area contributed by atoms with Crippen molar-refractivity contribution in [2.45, 2.75) is 23.5 Å². The quantitative estimate of drug-likeness (QED) is 0.855. The van der Waals surface area contributed by atoms with E-state index in [1.807, 2.05) is 0 Å². The Labute approximate surface area is 101 Å². The van der Waals surface area contributed by atoms with Crippen LogP contribution in [0.3, 0.4) is 0 Å². The fourth-order valence-electron chi connectivity index (χ4n) is 1.36. The second-order valence-electron chi connectivity index (χ2n) is 4.10. The van der Waals surface area contributed by atoms with Crippen molar-refractivity contribution in [3.8, 4) is 0 Å². The number of aromatic nitrogens is 2. The first-order chi connectivity index (χ1) is 7.90. The van der Waals surface area contributed by atoms with Crippen molar-refractivity contribution in [1.29, 1.82) is 0 Å². The molecule has 17 heavy (non-hydrogen) atoms. The molecule has 2 rings (SSSR count). The van der Waals surface area contributed by atoms with Gasteiger partial charge in [0, 0.05) is 18.6 Å². The summed E-state index contributed by atoms with van der Waals surface area (Å²) in [4.78, 5) is 15.6. The maximum atomic E-state index is 13.3. The molecule has 2 aromatic rings. The highest BCUT2D eigenvalue weighted by atomic mass is 32.2. The number of carbonyl (C=O) groups is 1. The zero-order chi connectivity index (χ0) is 12.6. The van der Waals surface area contributed by atoms with Crippen molar-refractivity contribution < 1.29 is 14.3 Å². The Morgan fingerprint density at radius 2 is 2.29 bits per heavy atom. The van der Waals surface area contributed by atoms with Gasteiger partial charge in [-0.3, -0.25) is 4.79 Å². The molecule has 0 fully saturated rings. The summed E-state index contributed by atoms with van der Waals surface area (Å²) in [6.45, 7) is 3.15. The maximum absolute atomic E-state index is 13.3. The standard InChI is InChI=1S/C11H11FN2O2S/c1-11(2,10(15)16)17-8-5-7(12)6-14-4-3-13-9(8)14/h3-6H,1-2H3,(H,15,16). The largest absolute Gasteiger partial charge is 0.480 e. The molecule has 0 spiro atoms. The van der Waals surface area contributed by atoms with E-state index in [1.165, 1.54) is 16.7 Å². The molecule has 0 amide bonds. The Morgan fingerprint density at radius 1 is 1.59 bits per heavy atom. The Balaban J connectivity index is 2.48. The third-order valence-electron chi connectivity index (χ3n) is 2.30. The number of hydrogen-bond donors (Lipinski definition) is 1. The first-order valence-corrected chi connectivity index (χ1v) is 5.76. The highest BCUT2D eigenvalue weighted by Gasteiger charge is 2.29. The van der Waals surface area contributed by atoms with E-state index in [1.54, 1.807) is 26.2 Å². The topological polar surface area (TPSA) is 54.6 Å². The fraction of sp³-hybridized carbons (Fsp3) is 0.273. The van der Waals surface area contributed by atoms with Gasteiger partial charge < -0.3 is 9.51 Å². The van der Waals surface area contributed by atoms with Gasteiger partial charge in [-0.25, -0.2) is 9.37 Å². The molecule has 90 valence electrons. The molecule has 0 aliphatic heterocycles. The van der Waals surface area contributed by atoms with Crippen LogP contribution in [0.25, 0.3) is 5.65 Å². The van der Waals surface area contributed by atoms with Crippen molar-refractivity contribution in [3.63, 3.8) is 0 Å². The summed E-state index contributed by atoms with van der Waals surface area (Å²) in [5, 5.41) is 9.05. The minimum absolute atomic E-state index is 0.417. The minimum atomic E-state index is -1.03. The van der Waals surface area contributed by atoms with Crippen molar-refractivity contribution in [3.05, 3.63) is 30.5 Å². The molecule has 2 heterocycles. The van der Waals surface area contributed by atoms with E-state index in [4.69, 9.17) is 5.11 Å². The molecule has 0 unspecified atom stereocenters. The Morgan fingerprint density at radius 3 is 2.94 bits per heavy atom. The molecular weight excluding hydrogens is 243 g/mol. The lowest BCUT2D eigenvalue weighted by molar-refractivity contribution is -0.138. The summed E-state index contributed by atoms with van der Waals surface area (Å²) in [5.74, 6) is -1.37. The average Bonchev–Trinajstić information content (AvgIpc) is 2.64. The van der Waals surface area contributed by atoms with Crippen LogP contribution < -0.4 is 0 Å². The van der Waals surface area contributed by atoms with Crippen LogP contribution in [0.5, 0.6) is 0 Å². The van der Waals surface area contributed by atoms with E-state index in [2.05, 4.69) is 4.98 Å². The smallest absolute Gasteiger partial charge is 0.319 e. The lowest BCUT2D eigenvalue weighted by Gasteiger charge is -2.18. The highest BCUT2D eigenvalue weighted by molar-refractivity contribution is 8.01. The van der Waals surface area contributed by atoms with Crippen LogP contribution in [0.2, 0.25) is 0 Å². The summed E-state index contributed by atoms with van der Waals surface area (Å²) < 4.78 is 13.9. The number of carboxylic acid groups (broad SMARTS) is 1. The molecule has 0 aliphatic rings. The van der Waals surface area contributed by atoms with E-state index in [0.717, 1.165) is 11.8 Å². The van der Waals surface area contributed by atoms with Crippen molar-refractivity contribution in [2.75, 3.05) is 0 Å². The highest BCUT2D eigenvalue weighted by Crippen LogP contribution is 2.35. The lowest BCUT2D eigenvalue weighted by atomic mass is 10.2. The van der Waals surface area contributed by atoms with E-state index in [9.17, 15) is 9.18 Å². The average molecular weight is 254 g/mol. The number of nitrogens with zero attached hydrogens (tertiary/aromatic N) is 2. The van der Waals surface area contributed by atoms with Crippen LogP contribution in [-0.4, -0.2) is 25.2 Å². The second kappa shape index (κ2) is 4.03. The minimum Gasteiger partial charge on any atom is -0.480 e. The number of aliphatic carboxylic acids is 1. The molecule has 0 aromatic carbocycles. The fourth-order valence-corrected chi connectivity index (χ4v) is 2.42. The Kier molecular flexibility index (Phi) is 2.82. The van der Waals surface area contributed by atoms with Gasteiger partial charge in [0.05, 0.1) is 4.90 Å². The lowest BCUT2D eigenvalue weighted by Crippen LogP contribution is -2.27. The van der Waals surface area contributed by atoms with E-state index >= 15 is 0 Å². The third kappa shape index (κ3) is 2.26. The number of fused-ring (bicyclic) bond motifs is 1. The van der Waals surface area contributed by atoms with Crippen molar-refractivity contribution in [1.82, 2.24) is 9.38 Å². The number of halogens is 1. The summed E-state index contributed by atoms with van der Waals surface area (Å²) >= 11 is 1.08. The van der Waals surface area contributed by atoms with Gasteiger partial charge in [0.1, 0.15) is 10.6 Å². The van der Waals surface area contributed by atoms with Crippen LogP contribution in [-0.2, 0) is 4.79 Å². The first kappa shape index (κ1) is 11.9. The number of thioether (sulfide) groups is 1. The summed E-state index contributed by atoms with van der Waals surface area (Å²) in [7, 11) is 0. The molecule has 0 saturated carbocycles. The SMILES string of the molecule is CC(C)(Sc1cc(F)cn2ccnc12)C(=O)O. The molecular formula is C11H11FN2O2S. The van der Waals surface area contributed by atoms with E-state index in [0.29, 0.717) is 10.5 Å². The Hall–Kier alpha value is -1.56. The molecule has 1 N–H and O–H groups in total. The van der Waals surface area contributed by atoms with E-state index in [-0.39, 0.29) is 0 Å². The number of pyridine rings is 1. The van der Waals surface area contributed by atoms with Gasteiger partial charge in [-0.1, -0.05) is 0 Å². The van der Waals surface area contributed by atoms with Crippen LogP contribution >= 0.6 is 11.8 Å². The molecule has 0 aliphatic carbocycles. The molecule has 0 bridgehead atoms. The zero-order valence-corrected chi connectivity index (χ0v) is 10.2. The molecule has 4 nitrogen and oxygen atoms in total. The maximum Gasteiger partial charge on any atom is 0.319 e. The molecule has 0 atom stereocenters. The van der Waals surface area contributed by atoms with Gasteiger partial charge in [-0.05, 0) is 19.9 Å². The van der Waals surface area contributed by atoms with Gasteiger partial charge in [-0.15, -0.1) is 11.8 Å². The summed E-state index contributed by atoms with van der Waals surface area (Å²) in [6, 6.07) is 1.30. The third-order valence-corrected chi connectivity index (χ3v) is 3.51. The molecule has 6 heteroatoms. The van der Waals surface area contributed by atoms with Gasteiger partial charge in [0.2, 0.25) is 0 Å². The number of rotatable bonds is 3. The molecule has 0 radical (unpaired) electrons. The van der Waals surface area contributed by atoms with Crippen molar-refractivity contribution >= 4 is 23.4 Å². The summed E-state index contributed by atoms with van der Waals surface area (Å²) in [5.41, 5.74) is 0.561. The molecule has 2 aromatic heterocycles. The Bertz CT molecular complexity index is 580. The van der Waals surface area contributed by atoms with Gasteiger partial charge in [0.15, 0.2) is 5.65 Å². The molecule has 0 saturated heterocycles. The number of hydrogen-bond acceptors (Lipinski definition) is 3. The predicted molar refractivity (Wildman–Crippen MR) is 62.7 cm³/mol. The normalized spacial score (nSPS) is 11.9. The number of imidazole rings is 1. The van der Waals surface area contributed by atoms with Gasteiger partial charge >= 0.3 is 5.97 Å². The van der Waals surface area contributed by atoms with Gasteiger partial charge in [0.25, 0.3) is 0 Å². The van der Waals surface area contributed by atoms with E-state index < -0.39 is 16.5 Å². The summed E-state index contributed by atoms with van der Waals surface area (Å²) in [6.07, 6.45) is 4.48.